The summed E-state index contributed by atoms with van der Waals surface area (Å²) in [5.41, 5.74) is 11.3. The number of imidazole rings is 2. The number of rotatable bonds is 11. The largest absolute Gasteiger partial charge is 0.369 e. The molecule has 1 aliphatic carbocycles. The number of anilines is 5. The van der Waals surface area contributed by atoms with Gasteiger partial charge in [-0.25, -0.2) is 37.7 Å². The number of ketones is 2. The summed E-state index contributed by atoms with van der Waals surface area (Å²) in [4.78, 5) is 106. The molecule has 0 bridgehead atoms. The summed E-state index contributed by atoms with van der Waals surface area (Å²) in [7, 11) is 0. The first-order valence-corrected chi connectivity index (χ1v) is 35.3. The highest BCUT2D eigenvalue weighted by atomic mass is 19.1. The average Bonchev–Trinajstić information content (AvgIpc) is 1.72. The van der Waals surface area contributed by atoms with E-state index in [0.29, 0.717) is 60.5 Å². The fourth-order valence-electron chi connectivity index (χ4n) is 15.7. The zero-order chi connectivity index (χ0) is 70.4. The molecule has 4 atom stereocenters. The van der Waals surface area contributed by atoms with Gasteiger partial charge < -0.3 is 39.6 Å². The predicted octanol–water partition coefficient (Wildman–Crippen LogP) is 9.51. The molecule has 7 aliphatic heterocycles. The topological polar surface area (TPSA) is 235 Å². The smallest absolute Gasteiger partial charge is 0.255 e. The molecule has 23 nitrogen and oxygen atoms in total. The number of halogens is 3. The number of amides is 4. The lowest BCUT2D eigenvalue weighted by Gasteiger charge is -2.37. The maximum atomic E-state index is 14.1. The lowest BCUT2D eigenvalue weighted by Crippen LogP contribution is -2.52. The number of nitrogens with zero attached hydrogens (tertiary/aromatic N) is 15. The number of piperazine rings is 2. The molecule has 26 heteroatoms. The fraction of sp³-hybridized carbons (Fsp3) is 0.325. The van der Waals surface area contributed by atoms with Crippen LogP contribution in [0.15, 0.2) is 158 Å². The van der Waals surface area contributed by atoms with Crippen molar-refractivity contribution >= 4 is 75.3 Å². The van der Waals surface area contributed by atoms with Crippen molar-refractivity contribution in [3.63, 3.8) is 0 Å². The van der Waals surface area contributed by atoms with Gasteiger partial charge in [0.2, 0.25) is 17.8 Å². The molecule has 0 radical (unpaired) electrons. The second-order valence-corrected chi connectivity index (χ2v) is 27.2. The predicted molar refractivity (Wildman–Crippen MR) is 380 cm³/mol. The number of fused-ring (bicyclic) bond motifs is 4. The van der Waals surface area contributed by atoms with Gasteiger partial charge in [0.25, 0.3) is 11.8 Å². The molecule has 6 aromatic heterocycles. The molecular formula is C77H74F3N17O6. The van der Waals surface area contributed by atoms with Gasteiger partial charge in [0, 0.05) is 114 Å². The van der Waals surface area contributed by atoms with Crippen molar-refractivity contribution in [1.29, 1.82) is 0 Å². The zero-order valence-electron chi connectivity index (χ0n) is 56.5. The number of carbonyl (C=O) groups excluding carboxylic acids is 6. The van der Waals surface area contributed by atoms with Crippen molar-refractivity contribution in [1.82, 2.24) is 59.6 Å². The summed E-state index contributed by atoms with van der Waals surface area (Å²) >= 11 is 0. The molecule has 18 rings (SSSR count). The number of hydrogen-bond acceptors (Lipinski definition) is 18. The van der Waals surface area contributed by atoms with Crippen LogP contribution in [0.5, 0.6) is 0 Å². The number of aromatic nitrogens is 8. The van der Waals surface area contributed by atoms with Gasteiger partial charge in [-0.2, -0.15) is 4.39 Å². The van der Waals surface area contributed by atoms with Crippen LogP contribution in [0.2, 0.25) is 0 Å². The molecule has 4 aromatic carbocycles. The monoisotopic (exact) mass is 1390 g/mol. The molecule has 4 amide bonds. The van der Waals surface area contributed by atoms with E-state index in [-0.39, 0.29) is 71.8 Å². The Bertz CT molecular complexity index is 4980. The molecule has 10 aromatic rings. The number of piperidine rings is 1. The third-order valence-corrected chi connectivity index (χ3v) is 20.9. The van der Waals surface area contributed by atoms with Crippen molar-refractivity contribution in [2.24, 2.45) is 0 Å². The summed E-state index contributed by atoms with van der Waals surface area (Å²) in [5.74, 6) is 0.408. The Kier molecular flexibility index (Phi) is 18.1. The fourth-order valence-corrected chi connectivity index (χ4v) is 15.7. The van der Waals surface area contributed by atoms with E-state index >= 15 is 0 Å². The van der Waals surface area contributed by atoms with Crippen LogP contribution >= 0.6 is 0 Å². The van der Waals surface area contributed by atoms with Crippen LogP contribution in [-0.4, -0.2) is 162 Å². The van der Waals surface area contributed by atoms with Crippen molar-refractivity contribution in [3.05, 3.63) is 209 Å². The third kappa shape index (κ3) is 13.4. The van der Waals surface area contributed by atoms with E-state index in [9.17, 15) is 41.9 Å². The average molecular weight is 1390 g/mol. The Hall–Kier alpha value is -11.4. The van der Waals surface area contributed by atoms with Crippen LogP contribution < -0.4 is 35.1 Å². The number of benzene rings is 4. The van der Waals surface area contributed by atoms with Crippen molar-refractivity contribution in [3.8, 4) is 22.8 Å². The second kappa shape index (κ2) is 28.2. The first-order chi connectivity index (χ1) is 50.2. The maximum Gasteiger partial charge on any atom is 0.255 e. The van der Waals surface area contributed by atoms with Crippen LogP contribution in [0.3, 0.4) is 0 Å². The van der Waals surface area contributed by atoms with Gasteiger partial charge in [0.05, 0.1) is 48.3 Å². The molecule has 2 unspecified atom stereocenters. The van der Waals surface area contributed by atoms with E-state index in [2.05, 4.69) is 62.2 Å². The molecule has 0 spiro atoms. The van der Waals surface area contributed by atoms with Crippen molar-refractivity contribution < 1.29 is 41.9 Å². The highest BCUT2D eigenvalue weighted by Gasteiger charge is 2.41. The normalized spacial score (nSPS) is 20.6. The number of hydrogen-bond donors (Lipinski definition) is 2. The molecule has 524 valence electrons. The summed E-state index contributed by atoms with van der Waals surface area (Å²) in [6, 6.07) is 42.9. The Labute approximate surface area is 590 Å². The molecule has 13 heterocycles. The van der Waals surface area contributed by atoms with Gasteiger partial charge in [-0.3, -0.25) is 34.1 Å². The minimum Gasteiger partial charge on any atom is -0.369 e. The first kappa shape index (κ1) is 66.2. The van der Waals surface area contributed by atoms with E-state index in [0.717, 1.165) is 159 Å². The minimum absolute atomic E-state index is 0.0412. The SMILES string of the molecule is Fc1cccc([C@H]2CCCN2c2ccc3ncc(-c4cccc(F)n4)n3n2)c1.O=C1CCC(N2Cc3cc(N4CCN(c5cccc(-c6cnc7ccc(N8CCC[C@@H]8c8cccc(F)c8)nn67)n5)CC4)ccc3C2=O)C(=O)C1.O=C1CCC(N2Cc3cc(N4CCNCC4)ccc3C2=O)C(=O)N1. The quantitative estimate of drug-likeness (QED) is 0.0696. The van der Waals surface area contributed by atoms with E-state index in [1.165, 1.54) is 18.2 Å². The molecule has 1 saturated carbocycles. The summed E-state index contributed by atoms with van der Waals surface area (Å²) in [5, 5.41) is 15.4. The number of Topliss-reactive ketones (excluding diaryl/α,β-unsaturated/α-hetero) is 2. The Morgan fingerprint density at radius 3 is 1.52 bits per heavy atom. The number of pyridine rings is 2. The Morgan fingerprint density at radius 1 is 0.447 bits per heavy atom. The summed E-state index contributed by atoms with van der Waals surface area (Å²) < 4.78 is 44.9. The zero-order valence-corrected chi connectivity index (χ0v) is 56.5. The van der Waals surface area contributed by atoms with E-state index in [1.807, 2.05) is 89.6 Å². The number of carbonyl (C=O) groups is 6. The standard InChI is InChI=1S/C39H37FN8O3.C21H17F2N5.C17H20N4O3/c40-27-5-1-4-25(20-27)32-7-3-15-46(32)38-14-13-36-41-23-34(48(36)43-38)31-6-2-8-37(42-31)45-18-16-44(17-19-45)28-9-11-30-26(21-28)24-47(39(30)51)33-12-10-29(49)22-35(33)50;22-15-5-1-4-14(12-15)17-7-3-11-27(17)21-10-9-20-24-13-18(28(20)26-21)16-6-2-8-19(23)25-16;22-15-4-3-14(16(23)19-15)21-10-11-9-12(1-2-13(11)17(21)24)20-7-5-18-6-8-20/h1-2,4-6,8-9,11,13-14,20-21,23,32-33H,3,7,10,12,15-19,22,24H2;1-2,4-6,8-10,12-13,17H,3,7,11H2;1-2,9,14,18H,3-8,10H2,(H,19,22,23)/t32-,33?;17-;/m11./s1. The lowest BCUT2D eigenvalue weighted by atomic mass is 9.92. The summed E-state index contributed by atoms with van der Waals surface area (Å²) in [6.07, 6.45) is 8.70. The van der Waals surface area contributed by atoms with E-state index in [1.54, 1.807) is 56.9 Å². The molecule has 2 N–H and O–H groups in total. The van der Waals surface area contributed by atoms with E-state index in [4.69, 9.17) is 15.2 Å². The van der Waals surface area contributed by atoms with Crippen LogP contribution in [0.4, 0.5) is 42.0 Å². The van der Waals surface area contributed by atoms with Gasteiger partial charge in [0.15, 0.2) is 17.1 Å². The number of nitrogens with one attached hydrogen (secondary N) is 2. The van der Waals surface area contributed by atoms with Gasteiger partial charge >= 0.3 is 0 Å². The Balaban J connectivity index is 0.000000132. The lowest BCUT2D eigenvalue weighted by molar-refractivity contribution is -0.137. The first-order valence-electron chi connectivity index (χ1n) is 35.3. The minimum atomic E-state index is -0.551. The number of imide groups is 1. The highest BCUT2D eigenvalue weighted by molar-refractivity contribution is 6.08. The van der Waals surface area contributed by atoms with Gasteiger partial charge in [-0.1, -0.05) is 36.4 Å². The van der Waals surface area contributed by atoms with E-state index < -0.39 is 18.0 Å². The molecule has 5 saturated heterocycles. The van der Waals surface area contributed by atoms with Crippen LogP contribution in [0.1, 0.15) is 113 Å². The van der Waals surface area contributed by atoms with Crippen LogP contribution in [-0.2, 0) is 32.3 Å². The van der Waals surface area contributed by atoms with Gasteiger partial charge in [-0.05, 0) is 170 Å². The third-order valence-electron chi connectivity index (χ3n) is 20.9. The summed E-state index contributed by atoms with van der Waals surface area (Å²) in [6.45, 7) is 9.43. The van der Waals surface area contributed by atoms with Gasteiger partial charge in [0.1, 0.15) is 52.3 Å². The van der Waals surface area contributed by atoms with Crippen molar-refractivity contribution in [2.45, 2.75) is 95.0 Å². The molecular weight excluding hydrogens is 1320 g/mol. The second-order valence-electron chi connectivity index (χ2n) is 27.2. The van der Waals surface area contributed by atoms with Crippen LogP contribution in [0, 0.1) is 17.6 Å². The Morgan fingerprint density at radius 2 is 0.971 bits per heavy atom. The van der Waals surface area contributed by atoms with Crippen molar-refractivity contribution in [2.75, 3.05) is 89.9 Å². The van der Waals surface area contributed by atoms with Gasteiger partial charge in [-0.15, -0.1) is 10.2 Å². The maximum absolute atomic E-state index is 14.1. The molecule has 103 heavy (non-hydrogen) atoms. The molecule has 8 aliphatic rings. The van der Waals surface area contributed by atoms with Crippen LogP contribution in [0.25, 0.3) is 34.1 Å². The highest BCUT2D eigenvalue weighted by Crippen LogP contribution is 2.39. The molecule has 6 fully saturated rings.